The molecule has 0 radical (unpaired) electrons. The molecule has 3 rings (SSSR count). The number of carbonyl (C=O) groups is 1. The van der Waals surface area contributed by atoms with Crippen LogP contribution >= 0.6 is 12.6 Å². The number of hydrogen-bond acceptors (Lipinski definition) is 5. The Labute approximate surface area is 180 Å². The topological polar surface area (TPSA) is 47.6 Å². The zero-order valence-corrected chi connectivity index (χ0v) is 18.6. The van der Waals surface area contributed by atoms with Gasteiger partial charge in [-0.05, 0) is 61.6 Å². The van der Waals surface area contributed by atoms with E-state index in [2.05, 4.69) is 30.9 Å². The fourth-order valence-corrected chi connectivity index (χ4v) is 3.70. The maximum Gasteiger partial charge on any atom is 0.328 e. The molecule has 5 heteroatoms. The monoisotopic (exact) mass is 415 g/mol. The number of nitrogens with one attached hydrogen (secondary N) is 1. The molecule has 2 unspecified atom stereocenters. The second-order valence-electron chi connectivity index (χ2n) is 7.19. The molecule has 0 fully saturated rings. The van der Waals surface area contributed by atoms with Crippen molar-refractivity contribution in [3.63, 3.8) is 0 Å². The molecule has 0 amide bonds. The van der Waals surface area contributed by atoms with E-state index in [4.69, 9.17) is 9.47 Å². The molecule has 1 heterocycles. The van der Waals surface area contributed by atoms with Crippen molar-refractivity contribution in [2.75, 3.05) is 19.0 Å². The van der Waals surface area contributed by atoms with Crippen molar-refractivity contribution in [1.82, 2.24) is 0 Å². The number of fused-ring (bicyclic) bond motifs is 1. The Morgan fingerprint density at radius 2 is 1.90 bits per heavy atom. The summed E-state index contributed by atoms with van der Waals surface area (Å²) in [6.07, 6.45) is 5.48. The summed E-state index contributed by atoms with van der Waals surface area (Å²) in [7, 11) is 1.68. The van der Waals surface area contributed by atoms with Crippen molar-refractivity contribution in [3.05, 3.63) is 54.1 Å². The van der Waals surface area contributed by atoms with Crippen LogP contribution in [0.3, 0.4) is 0 Å². The third-order valence-electron chi connectivity index (χ3n) is 5.05. The van der Waals surface area contributed by atoms with E-state index >= 15 is 0 Å². The van der Waals surface area contributed by atoms with Gasteiger partial charge in [0.1, 0.15) is 11.8 Å². The van der Waals surface area contributed by atoms with Crippen LogP contribution in [0.25, 0.3) is 0 Å². The van der Waals surface area contributed by atoms with E-state index in [1.807, 2.05) is 49.4 Å². The molecule has 0 saturated carbocycles. The minimum absolute atomic E-state index is 0.134. The van der Waals surface area contributed by atoms with Crippen LogP contribution in [0.2, 0.25) is 0 Å². The molecule has 0 aliphatic carbocycles. The average molecular weight is 416 g/mol. The molecular formula is C24H33NO3S. The largest absolute Gasteiger partial charge is 0.497 e. The minimum atomic E-state index is -0.238. The third kappa shape index (κ3) is 7.32. The summed E-state index contributed by atoms with van der Waals surface area (Å²) in [6.45, 7) is 4.47. The zero-order valence-electron chi connectivity index (χ0n) is 17.7. The molecule has 158 valence electrons. The van der Waals surface area contributed by atoms with Crippen LogP contribution in [0.15, 0.2) is 53.4 Å². The summed E-state index contributed by atoms with van der Waals surface area (Å²) in [6, 6.07) is 15.5. The Morgan fingerprint density at radius 1 is 1.14 bits per heavy atom. The van der Waals surface area contributed by atoms with Gasteiger partial charge in [0.25, 0.3) is 0 Å². The van der Waals surface area contributed by atoms with Crippen molar-refractivity contribution in [1.29, 1.82) is 0 Å². The van der Waals surface area contributed by atoms with Gasteiger partial charge in [0.2, 0.25) is 0 Å². The molecule has 2 aromatic carbocycles. The van der Waals surface area contributed by atoms with Gasteiger partial charge < -0.3 is 14.8 Å². The first kappa shape index (κ1) is 23.1. The Bertz CT molecular complexity index is 751. The van der Waals surface area contributed by atoms with Gasteiger partial charge in [-0.15, -0.1) is 12.6 Å². The molecule has 1 aliphatic heterocycles. The number of rotatable bonds is 7. The maximum atomic E-state index is 12.3. The van der Waals surface area contributed by atoms with Gasteiger partial charge in [0.15, 0.2) is 0 Å². The second-order valence-corrected chi connectivity index (χ2v) is 7.71. The highest BCUT2D eigenvalue weighted by atomic mass is 32.1. The SMILES string of the molecule is CCCCCC1Cc2cc(OC)ccc2NC1C(=O)OCC.Sc1ccccc1. The highest BCUT2D eigenvalue weighted by molar-refractivity contribution is 7.80. The van der Waals surface area contributed by atoms with Crippen LogP contribution in [-0.2, 0) is 16.0 Å². The molecule has 0 bridgehead atoms. The number of ether oxygens (including phenoxy) is 2. The van der Waals surface area contributed by atoms with Crippen LogP contribution in [0.1, 0.15) is 45.1 Å². The van der Waals surface area contributed by atoms with E-state index in [-0.39, 0.29) is 17.9 Å². The normalized spacial score (nSPS) is 17.2. The molecular weight excluding hydrogens is 382 g/mol. The summed E-state index contributed by atoms with van der Waals surface area (Å²) in [4.78, 5) is 13.3. The van der Waals surface area contributed by atoms with E-state index in [0.717, 1.165) is 35.6 Å². The lowest BCUT2D eigenvalue weighted by molar-refractivity contribution is -0.145. The number of hydrogen-bond donors (Lipinski definition) is 2. The molecule has 2 aromatic rings. The molecule has 1 aliphatic rings. The standard InChI is InChI=1S/C18H27NO3.C6H6S/c1-4-6-7-8-13-11-14-12-15(21-3)9-10-16(14)19-17(13)18(20)22-5-2;7-6-4-2-1-3-5-6/h9-10,12-13,17,19H,4-8,11H2,1-3H3;1-5,7H. The Morgan fingerprint density at radius 3 is 2.48 bits per heavy atom. The van der Waals surface area contributed by atoms with Crippen LogP contribution in [0.4, 0.5) is 5.69 Å². The Hall–Kier alpha value is -2.14. The first-order valence-corrected chi connectivity index (χ1v) is 10.9. The maximum absolute atomic E-state index is 12.3. The number of methoxy groups -OCH3 is 1. The van der Waals surface area contributed by atoms with E-state index in [0.29, 0.717) is 6.61 Å². The van der Waals surface area contributed by atoms with Crippen molar-refractivity contribution >= 4 is 24.3 Å². The predicted octanol–water partition coefficient (Wildman–Crippen LogP) is 5.77. The van der Waals surface area contributed by atoms with Crippen LogP contribution in [0.5, 0.6) is 5.75 Å². The molecule has 4 nitrogen and oxygen atoms in total. The number of carbonyl (C=O) groups excluding carboxylic acids is 1. The summed E-state index contributed by atoms with van der Waals surface area (Å²) in [5.41, 5.74) is 2.24. The highest BCUT2D eigenvalue weighted by Gasteiger charge is 2.34. The summed E-state index contributed by atoms with van der Waals surface area (Å²) in [5, 5.41) is 3.38. The fraction of sp³-hybridized carbons (Fsp3) is 0.458. The predicted molar refractivity (Wildman–Crippen MR) is 122 cm³/mol. The number of esters is 1. The lowest BCUT2D eigenvalue weighted by atomic mass is 9.83. The van der Waals surface area contributed by atoms with Crippen molar-refractivity contribution in [2.45, 2.75) is 56.9 Å². The van der Waals surface area contributed by atoms with Crippen molar-refractivity contribution in [2.24, 2.45) is 5.92 Å². The van der Waals surface area contributed by atoms with Crippen molar-refractivity contribution < 1.29 is 14.3 Å². The number of thiol groups is 1. The second kappa shape index (κ2) is 12.4. The highest BCUT2D eigenvalue weighted by Crippen LogP contribution is 2.34. The van der Waals surface area contributed by atoms with Gasteiger partial charge in [-0.3, -0.25) is 0 Å². The molecule has 0 aromatic heterocycles. The number of anilines is 1. The van der Waals surface area contributed by atoms with Crippen LogP contribution < -0.4 is 10.1 Å². The number of unbranched alkanes of at least 4 members (excludes halogenated alkanes) is 2. The minimum Gasteiger partial charge on any atom is -0.497 e. The van der Waals surface area contributed by atoms with Gasteiger partial charge in [-0.25, -0.2) is 4.79 Å². The molecule has 0 spiro atoms. The first-order chi connectivity index (χ1) is 14.1. The summed E-state index contributed by atoms with van der Waals surface area (Å²) < 4.78 is 10.6. The lowest BCUT2D eigenvalue weighted by Crippen LogP contribution is -2.42. The van der Waals surface area contributed by atoms with Gasteiger partial charge in [-0.1, -0.05) is 44.4 Å². The van der Waals surface area contributed by atoms with Crippen molar-refractivity contribution in [3.8, 4) is 5.75 Å². The van der Waals surface area contributed by atoms with E-state index in [1.54, 1.807) is 7.11 Å². The van der Waals surface area contributed by atoms with Gasteiger partial charge >= 0.3 is 5.97 Å². The van der Waals surface area contributed by atoms with Gasteiger partial charge in [0, 0.05) is 10.6 Å². The zero-order chi connectivity index (χ0) is 21.1. The van der Waals surface area contributed by atoms with E-state index < -0.39 is 0 Å². The molecule has 1 N–H and O–H groups in total. The number of benzene rings is 2. The third-order valence-corrected chi connectivity index (χ3v) is 5.35. The Kier molecular flexibility index (Phi) is 9.92. The quantitative estimate of drug-likeness (QED) is 0.342. The Balaban J connectivity index is 0.000000360. The van der Waals surface area contributed by atoms with Crippen LogP contribution in [0, 0.1) is 5.92 Å². The fourth-order valence-electron chi connectivity index (χ4n) is 3.53. The summed E-state index contributed by atoms with van der Waals surface area (Å²) in [5.74, 6) is 1.01. The molecule has 0 saturated heterocycles. The molecule has 2 atom stereocenters. The lowest BCUT2D eigenvalue weighted by Gasteiger charge is -2.33. The van der Waals surface area contributed by atoms with Crippen LogP contribution in [-0.4, -0.2) is 25.7 Å². The van der Waals surface area contributed by atoms with E-state index in [9.17, 15) is 4.79 Å². The smallest absolute Gasteiger partial charge is 0.328 e. The van der Waals surface area contributed by atoms with Gasteiger partial charge in [0.05, 0.1) is 13.7 Å². The average Bonchev–Trinajstić information content (AvgIpc) is 2.74. The van der Waals surface area contributed by atoms with Gasteiger partial charge in [-0.2, -0.15) is 0 Å². The first-order valence-electron chi connectivity index (χ1n) is 10.4. The summed E-state index contributed by atoms with van der Waals surface area (Å²) >= 11 is 4.08. The van der Waals surface area contributed by atoms with E-state index in [1.165, 1.54) is 18.4 Å². The molecule has 29 heavy (non-hydrogen) atoms.